The monoisotopic (exact) mass is 1600 g/mol. The number of anilines is 4. The van der Waals surface area contributed by atoms with E-state index in [0.29, 0.717) is 26.2 Å². The first-order valence-electron chi connectivity index (χ1n) is 37.5. The van der Waals surface area contributed by atoms with E-state index < -0.39 is 25.2 Å². The fourth-order valence-electron chi connectivity index (χ4n) is 13.0. The minimum Gasteiger partial charge on any atom is -0.444 e. The smallest absolute Gasteiger partial charge is 0.444 e. The van der Waals surface area contributed by atoms with Crippen LogP contribution in [0.1, 0.15) is 175 Å². The van der Waals surface area contributed by atoms with E-state index in [4.69, 9.17) is 46.7 Å². The number of aryl methyl sites for hydroxylation is 4. The number of hydrogen-bond acceptors (Lipinski definition) is 18. The minimum atomic E-state index is -0.476. The average molecular weight is 1610 g/mol. The van der Waals surface area contributed by atoms with Crippen molar-refractivity contribution in [3.8, 4) is 0 Å². The highest BCUT2D eigenvalue weighted by atomic mass is 79.9. The van der Waals surface area contributed by atoms with Gasteiger partial charge in [0, 0.05) is 136 Å². The molecule has 12 rings (SSSR count). The van der Waals surface area contributed by atoms with Gasteiger partial charge in [0.1, 0.15) is 11.2 Å². The molecule has 8 fully saturated rings. The van der Waals surface area contributed by atoms with E-state index in [1.807, 2.05) is 96.9 Å². The van der Waals surface area contributed by atoms with Crippen LogP contribution in [0.25, 0.3) is 0 Å². The number of ether oxygens (including phenoxy) is 2. The van der Waals surface area contributed by atoms with Crippen LogP contribution in [0.15, 0.2) is 81.7 Å². The third-order valence-corrected chi connectivity index (χ3v) is 23.0. The molecule has 2 amide bonds. The lowest BCUT2D eigenvalue weighted by Gasteiger charge is -2.37. The number of nitrogens with zero attached hydrogens (tertiary/aromatic N) is 6. The van der Waals surface area contributed by atoms with E-state index in [-0.39, 0.29) is 83.6 Å². The van der Waals surface area contributed by atoms with Crippen molar-refractivity contribution in [2.45, 2.75) is 236 Å². The molecule has 8 heterocycles. The summed E-state index contributed by atoms with van der Waals surface area (Å²) in [6.07, 6.45) is -0.445. The summed E-state index contributed by atoms with van der Waals surface area (Å²) in [5.41, 5.74) is 8.72. The SMILES string of the molecule is CC1(C)OB(B2OC(C)(C)C(C)(C)O2)OC1(C)C.Cc1cc(B2OC(C)(C)C(C)(C)O2)ccc1N1CCN(C(=O)OC(C)(C)C)CC1.Cc1cc(B2OC(C)(C)C(C)(C)O2)ccc1N1CCNCC1.Cc1cc(Br)ccc1N1CCN(C(=O)OC(C)(C)C)CC1.Cc1cc(Br)ccc1N1CCNCC1.Cl. The van der Waals surface area contributed by atoms with E-state index in [2.05, 4.69) is 218 Å². The number of nitrogens with one attached hydrogen (secondary N) is 2. The van der Waals surface area contributed by atoms with Gasteiger partial charge in [-0.2, -0.15) is 0 Å². The van der Waals surface area contributed by atoms with Crippen molar-refractivity contribution in [3.05, 3.63) is 104 Å². The first kappa shape index (κ1) is 88.0. The second kappa shape index (κ2) is 34.6. The summed E-state index contributed by atoms with van der Waals surface area (Å²) in [6.45, 7) is 67.4. The van der Waals surface area contributed by atoms with Crippen molar-refractivity contribution in [1.29, 1.82) is 0 Å². The lowest BCUT2D eigenvalue weighted by atomic mass is 9.49. The predicted octanol–water partition coefficient (Wildman–Crippen LogP) is 13.7. The molecule has 20 nitrogen and oxygen atoms in total. The predicted molar refractivity (Wildman–Crippen MR) is 441 cm³/mol. The molecule has 0 atom stereocenters. The summed E-state index contributed by atoms with van der Waals surface area (Å²) in [4.78, 5) is 37.4. The molecule has 0 bridgehead atoms. The Balaban J connectivity index is 0.000000186. The van der Waals surface area contributed by atoms with Crippen molar-refractivity contribution < 1.29 is 56.3 Å². The maximum absolute atomic E-state index is 12.3. The Hall–Kier alpha value is -4.27. The minimum absolute atomic E-state index is 0. The van der Waals surface area contributed by atoms with Crippen LogP contribution in [0, 0.1) is 27.7 Å². The third kappa shape index (κ3) is 22.5. The Labute approximate surface area is 655 Å². The van der Waals surface area contributed by atoms with E-state index in [1.54, 1.807) is 9.80 Å². The lowest BCUT2D eigenvalue weighted by Crippen LogP contribution is -2.50. The summed E-state index contributed by atoms with van der Waals surface area (Å²) in [5.74, 6) is 0. The molecule has 8 aliphatic heterocycles. The van der Waals surface area contributed by atoms with Gasteiger partial charge in [-0.15, -0.1) is 12.4 Å². The summed E-state index contributed by atoms with van der Waals surface area (Å²) in [6, 6.07) is 25.7. The number of carbonyl (C=O) groups is 2. The van der Waals surface area contributed by atoms with Crippen LogP contribution in [0.4, 0.5) is 32.3 Å². The maximum atomic E-state index is 12.3. The zero-order valence-electron chi connectivity index (χ0n) is 68.3. The van der Waals surface area contributed by atoms with Gasteiger partial charge < -0.3 is 86.7 Å². The molecule has 582 valence electrons. The lowest BCUT2D eigenvalue weighted by molar-refractivity contribution is 0.00578. The van der Waals surface area contributed by atoms with Gasteiger partial charge in [0.05, 0.1) is 44.8 Å². The second-order valence-electron chi connectivity index (χ2n) is 34.8. The molecule has 0 unspecified atom stereocenters. The van der Waals surface area contributed by atoms with Crippen LogP contribution in [0.3, 0.4) is 0 Å². The molecule has 4 aromatic carbocycles. The van der Waals surface area contributed by atoms with Gasteiger partial charge in [-0.25, -0.2) is 9.59 Å². The summed E-state index contributed by atoms with van der Waals surface area (Å²) in [5, 5.41) is 6.76. The average Bonchev–Trinajstić information content (AvgIpc) is 1.61. The van der Waals surface area contributed by atoms with Crippen molar-refractivity contribution in [1.82, 2.24) is 20.4 Å². The molecule has 0 spiro atoms. The molecule has 0 saturated carbocycles. The fourth-order valence-corrected chi connectivity index (χ4v) is 13.9. The van der Waals surface area contributed by atoms with E-state index >= 15 is 0 Å². The van der Waals surface area contributed by atoms with Gasteiger partial charge in [-0.3, -0.25) is 0 Å². The largest absolute Gasteiger partial charge is 0.494 e. The summed E-state index contributed by atoms with van der Waals surface area (Å²) < 4.78 is 61.7. The highest BCUT2D eigenvalue weighted by Gasteiger charge is 2.64. The Morgan fingerprint density at radius 1 is 0.362 bits per heavy atom. The number of piperazine rings is 4. The van der Waals surface area contributed by atoms with Gasteiger partial charge in [0.25, 0.3) is 0 Å². The number of rotatable bonds is 7. The molecular formula is C78H125B4Br2ClN8O12. The van der Waals surface area contributed by atoms with Gasteiger partial charge in [-0.1, -0.05) is 56.1 Å². The molecule has 0 radical (unpaired) electrons. The van der Waals surface area contributed by atoms with Gasteiger partial charge >= 0.3 is 40.4 Å². The third-order valence-electron chi connectivity index (χ3n) is 22.0. The topological polar surface area (TPSA) is 170 Å². The highest BCUT2D eigenvalue weighted by Crippen LogP contribution is 2.44. The zero-order chi connectivity index (χ0) is 77.1. The van der Waals surface area contributed by atoms with E-state index in [1.165, 1.54) is 45.0 Å². The number of amides is 2. The Bertz CT molecular complexity index is 3470. The zero-order valence-corrected chi connectivity index (χ0v) is 72.3. The molecule has 105 heavy (non-hydrogen) atoms. The summed E-state index contributed by atoms with van der Waals surface area (Å²) >= 11 is 6.98. The number of halogens is 3. The Kier molecular flexibility index (Phi) is 28.9. The summed E-state index contributed by atoms with van der Waals surface area (Å²) in [7, 11) is -1.58. The number of carbonyl (C=O) groups excluding carboxylic acids is 2. The van der Waals surface area contributed by atoms with E-state index in [0.717, 1.165) is 98.4 Å². The molecule has 4 aromatic rings. The maximum Gasteiger partial charge on any atom is 0.494 e. The van der Waals surface area contributed by atoms with Gasteiger partial charge in [0.2, 0.25) is 0 Å². The number of hydrogen-bond donors (Lipinski definition) is 2. The fraction of sp³-hybridized carbons (Fsp3) is 0.667. The number of benzene rings is 4. The van der Waals surface area contributed by atoms with E-state index in [9.17, 15) is 9.59 Å². The van der Waals surface area contributed by atoms with Crippen molar-refractivity contribution >= 4 is 118 Å². The van der Waals surface area contributed by atoms with Crippen LogP contribution in [-0.4, -0.2) is 211 Å². The van der Waals surface area contributed by atoms with Gasteiger partial charge in [0.15, 0.2) is 0 Å². The molecular weight excluding hydrogens is 1480 g/mol. The molecule has 8 saturated heterocycles. The van der Waals surface area contributed by atoms with Crippen molar-refractivity contribution in [2.24, 2.45) is 0 Å². The molecule has 27 heteroatoms. The first-order valence-corrected chi connectivity index (χ1v) is 39.1. The molecule has 2 N–H and O–H groups in total. The molecule has 0 aliphatic carbocycles. The molecule has 8 aliphatic rings. The Morgan fingerprint density at radius 2 is 0.590 bits per heavy atom. The van der Waals surface area contributed by atoms with Crippen molar-refractivity contribution in [3.63, 3.8) is 0 Å². The van der Waals surface area contributed by atoms with Crippen LogP contribution in [-0.2, 0) is 46.7 Å². The Morgan fingerprint density at radius 3 is 0.829 bits per heavy atom. The van der Waals surface area contributed by atoms with Crippen LogP contribution in [0.2, 0.25) is 0 Å². The highest BCUT2D eigenvalue weighted by molar-refractivity contribution is 9.10. The molecule has 0 aromatic heterocycles. The van der Waals surface area contributed by atoms with Crippen LogP contribution < -0.4 is 41.2 Å². The second-order valence-corrected chi connectivity index (χ2v) is 36.6. The van der Waals surface area contributed by atoms with Crippen LogP contribution in [0.5, 0.6) is 0 Å². The quantitative estimate of drug-likeness (QED) is 0.167. The van der Waals surface area contributed by atoms with Gasteiger partial charge in [-0.05, 0) is 262 Å². The van der Waals surface area contributed by atoms with Crippen molar-refractivity contribution in [2.75, 3.05) is 124 Å². The van der Waals surface area contributed by atoms with Crippen LogP contribution >= 0.6 is 44.3 Å². The first-order chi connectivity index (χ1) is 48.0. The standard InChI is InChI=1S/C22H35BN2O4.C17H27BN2O2.C16H23BrN2O2.C12H24B2O4.C11H15BrN2.ClH/c1-16-15-17(23-28-21(5,6)22(7,8)29-23)9-10-18(16)24-11-13-25(14-12-24)19(26)27-20(2,3)4;1-13-12-14(18-21-16(2,3)17(4,5)22-18)6-7-15(13)20-10-8-19-9-11-20;1-12-11-13(17)5-6-14(12)18-7-9-19(10-8-18)15(20)21-16(2,3)4;1-9(2)10(3,4)16-13(15-9)14-17-11(5,6)12(7,8)18-14;1-9-8-10(12)2-3-11(9)14-6-4-13-5-7-14;/h9-10,15H,11-14H2,1-8H3;6-7,12,19H,8-11H2,1-5H3;5-6,11H,7-10H2,1-4H3;1-8H3;2-3,8,13H,4-7H2,1H3;1H. The normalized spacial score (nSPS) is 21.9.